The Bertz CT molecular complexity index is 541. The largest absolute Gasteiger partial charge is 0.242 e. The molecule has 2 nitrogen and oxygen atoms in total. The molecular formula is C28H49N2P. The van der Waals surface area contributed by atoms with Crippen molar-refractivity contribution in [2.24, 2.45) is 35.5 Å². The van der Waals surface area contributed by atoms with Gasteiger partial charge in [-0.1, -0.05) is 28.7 Å². The molecule has 0 spiro atoms. The van der Waals surface area contributed by atoms with Crippen LogP contribution in [0.4, 0.5) is 0 Å². The third-order valence-electron chi connectivity index (χ3n) is 11.2. The molecule has 31 heavy (non-hydrogen) atoms. The van der Waals surface area contributed by atoms with E-state index in [0.29, 0.717) is 0 Å². The van der Waals surface area contributed by atoms with Crippen LogP contribution in [0, 0.1) is 35.5 Å². The lowest BCUT2D eigenvalue weighted by molar-refractivity contribution is -0.00752. The van der Waals surface area contributed by atoms with Crippen LogP contribution in [0.1, 0.15) is 97.8 Å². The average Bonchev–Trinajstić information content (AvgIpc) is 2.71. The van der Waals surface area contributed by atoms with Gasteiger partial charge in [0.2, 0.25) is 0 Å². The summed E-state index contributed by atoms with van der Waals surface area (Å²) in [6.07, 6.45) is 21.2. The third-order valence-corrected chi connectivity index (χ3v) is 15.3. The molecule has 0 N–H and O–H groups in total. The molecule has 3 heteroatoms. The molecule has 8 fully saturated rings. The zero-order valence-electron chi connectivity index (χ0n) is 20.8. The Labute approximate surface area is 194 Å². The first-order chi connectivity index (χ1) is 15.0. The normalized spacial score (nSPS) is 48.3. The van der Waals surface area contributed by atoms with E-state index in [2.05, 4.69) is 30.8 Å². The lowest BCUT2D eigenvalue weighted by atomic mass is 9.55. The number of nitrogens with zero attached hydrogens (tertiary/aromatic N) is 2. The second-order valence-electron chi connectivity index (χ2n) is 13.1. The van der Waals surface area contributed by atoms with Gasteiger partial charge in [0.15, 0.2) is 0 Å². The molecule has 0 aromatic carbocycles. The Morgan fingerprint density at radius 1 is 0.548 bits per heavy atom. The molecule has 8 bridgehead atoms. The SMILES string of the molecule is CCN(CC)N(CC)CCP(C12CC3CC(CC(C3)C1)C2)C12CC3CC(CC(C3)C1)C2. The van der Waals surface area contributed by atoms with Gasteiger partial charge >= 0.3 is 0 Å². The van der Waals surface area contributed by atoms with E-state index >= 15 is 0 Å². The van der Waals surface area contributed by atoms with Crippen molar-refractivity contribution in [3.8, 4) is 0 Å². The number of rotatable bonds is 9. The first-order valence-corrected chi connectivity index (χ1v) is 15.8. The Morgan fingerprint density at radius 3 is 1.16 bits per heavy atom. The minimum atomic E-state index is 0.150. The smallest absolute Gasteiger partial charge is 0.0172 e. The fourth-order valence-electron chi connectivity index (χ4n) is 11.1. The van der Waals surface area contributed by atoms with Crippen LogP contribution >= 0.6 is 7.92 Å². The standard InChI is InChI=1S/C28H49N2P/c1-4-29(5-2)30(6-3)7-8-31(27-15-21-9-22(16-27)11-23(10-21)17-27)28-18-24-12-25(19-28)14-26(13-24)20-28/h21-26H,4-20H2,1-3H3. The molecule has 8 aliphatic carbocycles. The van der Waals surface area contributed by atoms with E-state index in [1.54, 1.807) is 83.2 Å². The highest BCUT2D eigenvalue weighted by Gasteiger charge is 2.62. The predicted molar refractivity (Wildman–Crippen MR) is 134 cm³/mol. The van der Waals surface area contributed by atoms with E-state index in [-0.39, 0.29) is 7.92 Å². The number of hydrogen-bond acceptors (Lipinski definition) is 2. The summed E-state index contributed by atoms with van der Waals surface area (Å²) in [5, 5.41) is 6.99. The summed E-state index contributed by atoms with van der Waals surface area (Å²) in [6, 6.07) is 0. The van der Waals surface area contributed by atoms with Crippen LogP contribution in [0.3, 0.4) is 0 Å². The molecule has 0 saturated heterocycles. The van der Waals surface area contributed by atoms with Gasteiger partial charge in [0.25, 0.3) is 0 Å². The van der Waals surface area contributed by atoms with Gasteiger partial charge in [0.05, 0.1) is 0 Å². The van der Waals surface area contributed by atoms with Gasteiger partial charge < -0.3 is 0 Å². The Kier molecular flexibility index (Phi) is 5.80. The van der Waals surface area contributed by atoms with Gasteiger partial charge in [-0.25, -0.2) is 10.0 Å². The van der Waals surface area contributed by atoms with Crippen molar-refractivity contribution in [2.45, 2.75) is 108 Å². The molecule has 0 amide bonds. The van der Waals surface area contributed by atoms with Crippen molar-refractivity contribution in [2.75, 3.05) is 32.3 Å². The van der Waals surface area contributed by atoms with Crippen LogP contribution < -0.4 is 0 Å². The molecule has 8 saturated carbocycles. The van der Waals surface area contributed by atoms with Crippen LogP contribution in [0.2, 0.25) is 0 Å². The number of hydrogen-bond donors (Lipinski definition) is 0. The average molecular weight is 445 g/mol. The van der Waals surface area contributed by atoms with Gasteiger partial charge in [0, 0.05) is 26.2 Å². The summed E-state index contributed by atoms with van der Waals surface area (Å²) in [6.45, 7) is 12.0. The Balaban J connectivity index is 1.31. The molecule has 0 unspecified atom stereocenters. The van der Waals surface area contributed by atoms with Crippen LogP contribution in [0.15, 0.2) is 0 Å². The van der Waals surface area contributed by atoms with Crippen molar-refractivity contribution in [3.05, 3.63) is 0 Å². The van der Waals surface area contributed by atoms with Crippen molar-refractivity contribution in [3.63, 3.8) is 0 Å². The summed E-state index contributed by atoms with van der Waals surface area (Å²) < 4.78 is 0. The summed E-state index contributed by atoms with van der Waals surface area (Å²) in [7, 11) is 0.150. The molecule has 176 valence electrons. The summed E-state index contributed by atoms with van der Waals surface area (Å²) >= 11 is 0. The topological polar surface area (TPSA) is 6.48 Å². The lowest BCUT2D eigenvalue weighted by Crippen LogP contribution is -2.57. The van der Waals surface area contributed by atoms with Crippen molar-refractivity contribution in [1.82, 2.24) is 10.0 Å². The Hall–Kier alpha value is 0.350. The van der Waals surface area contributed by atoms with Crippen LogP contribution in [-0.2, 0) is 0 Å². The maximum absolute atomic E-state index is 2.75. The van der Waals surface area contributed by atoms with Crippen molar-refractivity contribution in [1.29, 1.82) is 0 Å². The van der Waals surface area contributed by atoms with Crippen LogP contribution in [0.5, 0.6) is 0 Å². The zero-order valence-corrected chi connectivity index (χ0v) is 21.7. The molecule has 0 aromatic heterocycles. The molecule has 8 aliphatic rings. The summed E-state index contributed by atoms with van der Waals surface area (Å²) in [4.78, 5) is 0. The molecule has 0 aromatic rings. The van der Waals surface area contributed by atoms with E-state index < -0.39 is 0 Å². The van der Waals surface area contributed by atoms with Gasteiger partial charge in [-0.05, 0) is 129 Å². The fraction of sp³-hybridized carbons (Fsp3) is 1.00. The van der Waals surface area contributed by atoms with E-state index in [4.69, 9.17) is 0 Å². The monoisotopic (exact) mass is 444 g/mol. The highest BCUT2D eigenvalue weighted by Crippen LogP contribution is 2.78. The lowest BCUT2D eigenvalue weighted by Gasteiger charge is -2.67. The van der Waals surface area contributed by atoms with Crippen LogP contribution in [0.25, 0.3) is 0 Å². The molecule has 0 aliphatic heterocycles. The Morgan fingerprint density at radius 2 is 0.871 bits per heavy atom. The van der Waals surface area contributed by atoms with Gasteiger partial charge in [0.1, 0.15) is 0 Å². The quantitative estimate of drug-likeness (QED) is 0.279. The molecular weight excluding hydrogens is 395 g/mol. The third kappa shape index (κ3) is 3.69. The van der Waals surface area contributed by atoms with Crippen molar-refractivity contribution >= 4 is 7.92 Å². The summed E-state index contributed by atoms with van der Waals surface area (Å²) in [5.41, 5.74) is 0. The minimum Gasteiger partial charge on any atom is -0.242 e. The molecule has 0 atom stereocenters. The maximum atomic E-state index is 2.75. The van der Waals surface area contributed by atoms with Crippen LogP contribution in [-0.4, -0.2) is 52.7 Å². The van der Waals surface area contributed by atoms with E-state index in [9.17, 15) is 0 Å². The molecule has 0 radical (unpaired) electrons. The second kappa shape index (κ2) is 8.23. The van der Waals surface area contributed by atoms with Gasteiger partial charge in [-0.15, -0.1) is 0 Å². The first-order valence-electron chi connectivity index (χ1n) is 14.3. The first kappa shape index (κ1) is 21.9. The fourth-order valence-corrected chi connectivity index (χ4v) is 16.4. The maximum Gasteiger partial charge on any atom is 0.0172 e. The highest BCUT2D eigenvalue weighted by atomic mass is 31.1. The zero-order chi connectivity index (χ0) is 21.2. The molecule has 8 rings (SSSR count). The van der Waals surface area contributed by atoms with Gasteiger partial charge in [-0.3, -0.25) is 0 Å². The molecule has 0 heterocycles. The van der Waals surface area contributed by atoms with Gasteiger partial charge in [-0.2, -0.15) is 0 Å². The number of hydrazine groups is 1. The minimum absolute atomic E-state index is 0.150. The predicted octanol–water partition coefficient (Wildman–Crippen LogP) is 6.98. The van der Waals surface area contributed by atoms with E-state index in [1.807, 2.05) is 0 Å². The van der Waals surface area contributed by atoms with E-state index in [0.717, 1.165) is 45.8 Å². The summed E-state index contributed by atoms with van der Waals surface area (Å²) in [5.74, 6) is 6.72. The van der Waals surface area contributed by atoms with Crippen molar-refractivity contribution < 1.29 is 0 Å². The van der Waals surface area contributed by atoms with E-state index in [1.165, 1.54) is 26.2 Å². The highest BCUT2D eigenvalue weighted by molar-refractivity contribution is 7.61. The second-order valence-corrected chi connectivity index (χ2v) is 16.3.